The van der Waals surface area contributed by atoms with E-state index in [4.69, 9.17) is 0 Å². The molecule has 1 N–H and O–H groups in total. The van der Waals surface area contributed by atoms with Gasteiger partial charge in [-0.05, 0) is 50.6 Å². The topological polar surface area (TPSA) is 75.2 Å². The van der Waals surface area contributed by atoms with E-state index in [0.29, 0.717) is 11.3 Å². The normalized spacial score (nSPS) is 10.9. The number of benzene rings is 2. The zero-order valence-corrected chi connectivity index (χ0v) is 20.5. The second-order valence-electron chi connectivity index (χ2n) is 7.82. The number of hydrogen-bond donors (Lipinski definition) is 1. The second-order valence-corrected chi connectivity index (χ2v) is 10.0. The number of carbonyl (C=O) groups excluding carboxylic acids is 2. The number of anilines is 1. The summed E-state index contributed by atoms with van der Waals surface area (Å²) in [5.74, 6) is -0.470. The zero-order chi connectivity index (χ0) is 23.5. The van der Waals surface area contributed by atoms with Crippen LogP contribution in [0.1, 0.15) is 26.4 Å². The molecule has 0 saturated heterocycles. The molecule has 0 atom stereocenters. The van der Waals surface area contributed by atoms with Gasteiger partial charge in [0.25, 0.3) is 5.91 Å². The first-order chi connectivity index (χ1) is 15.8. The van der Waals surface area contributed by atoms with Gasteiger partial charge >= 0.3 is 0 Å². The number of fused-ring (bicyclic) bond motifs is 1. The predicted octanol–water partition coefficient (Wildman–Crippen LogP) is 5.48. The highest BCUT2D eigenvalue weighted by molar-refractivity contribution is 7.99. The van der Waals surface area contributed by atoms with Crippen LogP contribution in [0.5, 0.6) is 0 Å². The molecule has 2 aromatic heterocycles. The molecule has 0 unspecified atom stereocenters. The first-order valence-electron chi connectivity index (χ1n) is 10.4. The Morgan fingerprint density at radius 2 is 1.76 bits per heavy atom. The molecule has 8 heteroatoms. The summed E-state index contributed by atoms with van der Waals surface area (Å²) in [6.45, 7) is 6.08. The van der Waals surface area contributed by atoms with Crippen molar-refractivity contribution in [2.45, 2.75) is 30.7 Å². The lowest BCUT2D eigenvalue weighted by molar-refractivity contribution is -0.116. The largest absolute Gasteiger partial charge is 0.332 e. The van der Waals surface area contributed by atoms with Crippen molar-refractivity contribution in [1.29, 1.82) is 0 Å². The molecule has 4 rings (SSSR count). The first-order valence-corrected chi connectivity index (χ1v) is 12.1. The van der Waals surface area contributed by atoms with Crippen LogP contribution in [0, 0.1) is 20.8 Å². The van der Waals surface area contributed by atoms with Crippen LogP contribution in [0.2, 0.25) is 0 Å². The van der Waals surface area contributed by atoms with Crippen LogP contribution in [0.4, 0.5) is 5.69 Å². The molecule has 0 aliphatic carbocycles. The molecule has 2 heterocycles. The molecule has 6 nitrogen and oxygen atoms in total. The van der Waals surface area contributed by atoms with Crippen LogP contribution < -0.4 is 5.32 Å². The smallest absolute Gasteiger partial charge is 0.255 e. The fourth-order valence-corrected chi connectivity index (χ4v) is 5.53. The van der Waals surface area contributed by atoms with E-state index in [1.54, 1.807) is 30.8 Å². The molecule has 0 radical (unpaired) electrons. The molecular formula is C25H24N4O2S2. The van der Waals surface area contributed by atoms with Gasteiger partial charge in [-0.3, -0.25) is 9.59 Å². The highest BCUT2D eigenvalue weighted by Crippen LogP contribution is 2.38. The lowest BCUT2D eigenvalue weighted by Gasteiger charge is -2.18. The van der Waals surface area contributed by atoms with Crippen molar-refractivity contribution in [3.8, 4) is 0 Å². The zero-order valence-electron chi connectivity index (χ0n) is 18.9. The minimum atomic E-state index is -0.248. The predicted molar refractivity (Wildman–Crippen MR) is 134 cm³/mol. The molecule has 4 aromatic rings. The van der Waals surface area contributed by atoms with E-state index in [1.165, 1.54) is 21.5 Å². The third-order valence-electron chi connectivity index (χ3n) is 5.32. The Labute approximate surface area is 201 Å². The van der Waals surface area contributed by atoms with Crippen molar-refractivity contribution < 1.29 is 9.59 Å². The number of aromatic nitrogens is 2. The average molecular weight is 477 g/mol. The molecule has 0 saturated carbocycles. The van der Waals surface area contributed by atoms with E-state index >= 15 is 0 Å². The van der Waals surface area contributed by atoms with Gasteiger partial charge in [0.15, 0.2) is 0 Å². The molecule has 0 aliphatic rings. The van der Waals surface area contributed by atoms with Crippen LogP contribution in [0.25, 0.3) is 10.2 Å². The van der Waals surface area contributed by atoms with Gasteiger partial charge in [-0.15, -0.1) is 11.3 Å². The Morgan fingerprint density at radius 3 is 2.52 bits per heavy atom. The SMILES string of the molecule is Cc1ccc(NC(=O)CN(C)C(=O)c2ccccc2Sc2ncnc3sc(C)c(C)c23)cc1. The number of carbonyl (C=O) groups is 2. The fourth-order valence-electron chi connectivity index (χ4n) is 3.39. The number of amides is 2. The maximum absolute atomic E-state index is 13.2. The van der Waals surface area contributed by atoms with Crippen molar-refractivity contribution >= 4 is 50.8 Å². The Kier molecular flexibility index (Phi) is 6.76. The molecule has 33 heavy (non-hydrogen) atoms. The van der Waals surface area contributed by atoms with Crippen molar-refractivity contribution in [1.82, 2.24) is 14.9 Å². The third kappa shape index (κ3) is 5.07. The maximum Gasteiger partial charge on any atom is 0.255 e. The summed E-state index contributed by atoms with van der Waals surface area (Å²) in [6.07, 6.45) is 1.56. The molecule has 0 spiro atoms. The molecular weight excluding hydrogens is 452 g/mol. The average Bonchev–Trinajstić information content (AvgIpc) is 3.09. The van der Waals surface area contributed by atoms with Crippen LogP contribution in [-0.2, 0) is 4.79 Å². The summed E-state index contributed by atoms with van der Waals surface area (Å²) in [5, 5.41) is 4.68. The summed E-state index contributed by atoms with van der Waals surface area (Å²) in [7, 11) is 1.63. The van der Waals surface area contributed by atoms with E-state index in [9.17, 15) is 9.59 Å². The number of aryl methyl sites for hydroxylation is 3. The lowest BCUT2D eigenvalue weighted by atomic mass is 10.2. The molecule has 0 bridgehead atoms. The number of hydrogen-bond acceptors (Lipinski definition) is 6. The second kappa shape index (κ2) is 9.72. The standard InChI is InChI=1S/C25H24N4O2S2/c1-15-9-11-18(12-10-15)28-21(30)13-29(4)25(31)19-7-5-6-8-20(19)33-24-22-16(2)17(3)32-23(22)26-14-27-24/h5-12,14H,13H2,1-4H3,(H,28,30). The highest BCUT2D eigenvalue weighted by atomic mass is 32.2. The molecule has 168 valence electrons. The molecule has 0 fully saturated rings. The summed E-state index contributed by atoms with van der Waals surface area (Å²) >= 11 is 3.09. The van der Waals surface area contributed by atoms with Gasteiger partial charge in [0.2, 0.25) is 5.91 Å². The van der Waals surface area contributed by atoms with Gasteiger partial charge in [0, 0.05) is 27.9 Å². The van der Waals surface area contributed by atoms with Gasteiger partial charge in [-0.25, -0.2) is 9.97 Å². The molecule has 2 aromatic carbocycles. The van der Waals surface area contributed by atoms with Crippen molar-refractivity contribution in [2.24, 2.45) is 0 Å². The van der Waals surface area contributed by atoms with Gasteiger partial charge in [0.1, 0.15) is 16.2 Å². The van der Waals surface area contributed by atoms with E-state index in [0.717, 1.165) is 31.3 Å². The third-order valence-corrected chi connectivity index (χ3v) is 7.51. The Balaban J connectivity index is 1.53. The Morgan fingerprint density at radius 1 is 1.03 bits per heavy atom. The molecule has 0 aliphatic heterocycles. The Bertz CT molecular complexity index is 1330. The van der Waals surface area contributed by atoms with Crippen LogP contribution in [-0.4, -0.2) is 40.3 Å². The van der Waals surface area contributed by atoms with Crippen molar-refractivity contribution in [2.75, 3.05) is 18.9 Å². The van der Waals surface area contributed by atoms with Crippen molar-refractivity contribution in [3.05, 3.63) is 76.4 Å². The number of thiophene rings is 1. The minimum absolute atomic E-state index is 0.0493. The summed E-state index contributed by atoms with van der Waals surface area (Å²) < 4.78 is 0. The number of rotatable bonds is 6. The van der Waals surface area contributed by atoms with E-state index in [1.807, 2.05) is 49.4 Å². The number of likely N-dealkylation sites (N-methyl/N-ethyl adjacent to an activating group) is 1. The van der Waals surface area contributed by atoms with Gasteiger partial charge in [-0.2, -0.15) is 0 Å². The lowest BCUT2D eigenvalue weighted by Crippen LogP contribution is -2.35. The van der Waals surface area contributed by atoms with E-state index in [2.05, 4.69) is 29.1 Å². The number of nitrogens with one attached hydrogen (secondary N) is 1. The summed E-state index contributed by atoms with van der Waals surface area (Å²) in [5.41, 5.74) is 3.51. The quantitative estimate of drug-likeness (QED) is 0.373. The number of nitrogens with zero attached hydrogens (tertiary/aromatic N) is 3. The van der Waals surface area contributed by atoms with Crippen LogP contribution in [0.15, 0.2) is 64.8 Å². The monoisotopic (exact) mass is 476 g/mol. The summed E-state index contributed by atoms with van der Waals surface area (Å²) in [4.78, 5) is 39.0. The van der Waals surface area contributed by atoms with Crippen molar-refractivity contribution in [3.63, 3.8) is 0 Å². The van der Waals surface area contributed by atoms with Gasteiger partial charge in [-0.1, -0.05) is 41.6 Å². The van der Waals surface area contributed by atoms with Crippen LogP contribution >= 0.6 is 23.1 Å². The Hall–Kier alpha value is -3.23. The first kappa shape index (κ1) is 22.9. The minimum Gasteiger partial charge on any atom is -0.332 e. The highest BCUT2D eigenvalue weighted by Gasteiger charge is 2.20. The maximum atomic E-state index is 13.2. The van der Waals surface area contributed by atoms with Gasteiger partial charge in [0.05, 0.1) is 12.1 Å². The van der Waals surface area contributed by atoms with E-state index in [-0.39, 0.29) is 18.4 Å². The fraction of sp³-hybridized carbons (Fsp3) is 0.200. The summed E-state index contributed by atoms with van der Waals surface area (Å²) in [6, 6.07) is 15.0. The van der Waals surface area contributed by atoms with Gasteiger partial charge < -0.3 is 10.2 Å². The van der Waals surface area contributed by atoms with Crippen LogP contribution in [0.3, 0.4) is 0 Å². The molecule has 2 amide bonds. The van der Waals surface area contributed by atoms with E-state index < -0.39 is 0 Å².